The molecule has 2 rings (SSSR count). The van der Waals surface area contributed by atoms with E-state index < -0.39 is 0 Å². The minimum absolute atomic E-state index is 0.213. The van der Waals surface area contributed by atoms with Gasteiger partial charge in [-0.1, -0.05) is 6.07 Å². The van der Waals surface area contributed by atoms with E-state index >= 15 is 0 Å². The molecule has 1 aliphatic heterocycles. The van der Waals surface area contributed by atoms with Gasteiger partial charge in [-0.3, -0.25) is 0 Å². The van der Waals surface area contributed by atoms with Crippen molar-refractivity contribution in [3.63, 3.8) is 0 Å². The molecule has 0 aromatic heterocycles. The molecule has 0 bridgehead atoms. The third kappa shape index (κ3) is 3.37. The van der Waals surface area contributed by atoms with Crippen molar-refractivity contribution in [2.24, 2.45) is 5.92 Å². The fourth-order valence-electron chi connectivity index (χ4n) is 2.37. The summed E-state index contributed by atoms with van der Waals surface area (Å²) in [5, 5.41) is 9.38. The molecule has 1 aromatic rings. The Balaban J connectivity index is 1.90. The molecule has 1 aliphatic rings. The van der Waals surface area contributed by atoms with Gasteiger partial charge in [0.05, 0.1) is 6.10 Å². The smallest absolute Gasteiger partial charge is 0.123 e. The Bertz CT molecular complexity index is 359. The topological polar surface area (TPSA) is 32.7 Å². The number of hydrogen-bond donors (Lipinski definition) is 1. The molecule has 0 aliphatic carbocycles. The second-order valence-corrected chi connectivity index (χ2v) is 4.96. The number of rotatable bonds is 3. The van der Waals surface area contributed by atoms with E-state index in [9.17, 15) is 5.11 Å². The molecule has 1 atom stereocenters. The predicted molar refractivity (Wildman–Crippen MR) is 68.4 cm³/mol. The van der Waals surface area contributed by atoms with Crippen LogP contribution < -0.4 is 4.74 Å². The molecule has 1 heterocycles. The van der Waals surface area contributed by atoms with Crippen LogP contribution in [0, 0.1) is 5.92 Å². The molecule has 0 spiro atoms. The van der Waals surface area contributed by atoms with Crippen LogP contribution in [0.15, 0.2) is 24.3 Å². The van der Waals surface area contributed by atoms with Gasteiger partial charge in [0, 0.05) is 6.07 Å². The summed E-state index contributed by atoms with van der Waals surface area (Å²) in [4.78, 5) is 2.36. The molecule has 1 fully saturated rings. The lowest BCUT2D eigenvalue weighted by atomic mass is 9.92. The lowest BCUT2D eigenvalue weighted by Crippen LogP contribution is -2.36. The lowest BCUT2D eigenvalue weighted by Gasteiger charge is -2.32. The molecule has 0 saturated carbocycles. The first kappa shape index (κ1) is 12.2. The number of nitrogens with zero attached hydrogens (tertiary/aromatic N) is 1. The highest BCUT2D eigenvalue weighted by Crippen LogP contribution is 2.25. The van der Waals surface area contributed by atoms with Crippen molar-refractivity contribution >= 4 is 0 Å². The first-order chi connectivity index (χ1) is 8.15. The van der Waals surface area contributed by atoms with Gasteiger partial charge in [0.25, 0.3) is 0 Å². The molecule has 3 heteroatoms. The van der Waals surface area contributed by atoms with E-state index in [-0.39, 0.29) is 11.9 Å². The molecule has 1 N–H and O–H groups in total. The van der Waals surface area contributed by atoms with E-state index in [1.54, 1.807) is 12.1 Å². The zero-order valence-corrected chi connectivity index (χ0v) is 10.6. The summed E-state index contributed by atoms with van der Waals surface area (Å²) in [6.07, 6.45) is 2.60. The van der Waals surface area contributed by atoms with Crippen molar-refractivity contribution < 1.29 is 9.84 Å². The third-order valence-corrected chi connectivity index (χ3v) is 3.57. The van der Waals surface area contributed by atoms with Gasteiger partial charge >= 0.3 is 0 Å². The van der Waals surface area contributed by atoms with Gasteiger partial charge in [-0.25, -0.2) is 0 Å². The maximum absolute atomic E-state index is 9.38. The highest BCUT2D eigenvalue weighted by molar-refractivity contribution is 5.31. The van der Waals surface area contributed by atoms with Crippen LogP contribution in [0.2, 0.25) is 0 Å². The summed E-state index contributed by atoms with van der Waals surface area (Å²) in [7, 11) is 2.16. The number of phenols is 1. The maximum atomic E-state index is 9.38. The molecule has 0 amide bonds. The fourth-order valence-corrected chi connectivity index (χ4v) is 2.37. The molecular formula is C14H21NO2. The summed E-state index contributed by atoms with van der Waals surface area (Å²) < 4.78 is 5.89. The van der Waals surface area contributed by atoms with Crippen LogP contribution in [-0.2, 0) is 0 Å². The number of benzene rings is 1. The minimum atomic E-state index is 0.213. The second-order valence-electron chi connectivity index (χ2n) is 4.96. The Kier molecular flexibility index (Phi) is 3.89. The molecule has 17 heavy (non-hydrogen) atoms. The van der Waals surface area contributed by atoms with Gasteiger partial charge in [-0.15, -0.1) is 0 Å². The highest BCUT2D eigenvalue weighted by atomic mass is 16.5. The van der Waals surface area contributed by atoms with Gasteiger partial charge in [0.2, 0.25) is 0 Å². The first-order valence-corrected chi connectivity index (χ1v) is 6.29. The second kappa shape index (κ2) is 5.41. The van der Waals surface area contributed by atoms with E-state index in [4.69, 9.17) is 4.74 Å². The number of ether oxygens (including phenoxy) is 1. The molecular weight excluding hydrogens is 214 g/mol. The fraction of sp³-hybridized carbons (Fsp3) is 0.571. The van der Waals surface area contributed by atoms with E-state index in [1.165, 1.54) is 12.8 Å². The third-order valence-electron chi connectivity index (χ3n) is 3.57. The summed E-state index contributed by atoms with van der Waals surface area (Å²) in [5.74, 6) is 1.64. The Labute approximate surface area is 103 Å². The Hall–Kier alpha value is -1.22. The van der Waals surface area contributed by atoms with Crippen molar-refractivity contribution in [3.05, 3.63) is 24.3 Å². The number of likely N-dealkylation sites (tertiary alicyclic amines) is 1. The maximum Gasteiger partial charge on any atom is 0.123 e. The summed E-state index contributed by atoms with van der Waals surface area (Å²) in [6, 6.07) is 7.04. The number of phenolic OH excluding ortho intramolecular Hbond substituents is 1. The molecule has 1 aromatic carbocycles. The molecule has 0 radical (unpaired) electrons. The van der Waals surface area contributed by atoms with Crippen LogP contribution in [0.5, 0.6) is 11.5 Å². The van der Waals surface area contributed by atoms with Gasteiger partial charge in [-0.05, 0) is 58.0 Å². The zero-order chi connectivity index (χ0) is 12.3. The number of aromatic hydroxyl groups is 1. The van der Waals surface area contributed by atoms with Crippen LogP contribution in [-0.4, -0.2) is 36.2 Å². The average molecular weight is 235 g/mol. The van der Waals surface area contributed by atoms with Crippen LogP contribution in [0.25, 0.3) is 0 Å². The molecule has 1 unspecified atom stereocenters. The van der Waals surface area contributed by atoms with Gasteiger partial charge in [0.15, 0.2) is 0 Å². The van der Waals surface area contributed by atoms with E-state index in [2.05, 4.69) is 18.9 Å². The lowest BCUT2D eigenvalue weighted by molar-refractivity contribution is 0.0976. The van der Waals surface area contributed by atoms with Gasteiger partial charge in [-0.2, -0.15) is 0 Å². The molecule has 1 saturated heterocycles. The van der Waals surface area contributed by atoms with Crippen molar-refractivity contribution in [1.82, 2.24) is 4.90 Å². The van der Waals surface area contributed by atoms with Crippen molar-refractivity contribution in [3.8, 4) is 11.5 Å². The van der Waals surface area contributed by atoms with Gasteiger partial charge < -0.3 is 14.7 Å². The zero-order valence-electron chi connectivity index (χ0n) is 10.6. The van der Waals surface area contributed by atoms with Crippen LogP contribution in [0.3, 0.4) is 0 Å². The number of piperidine rings is 1. The standard InChI is InChI=1S/C14H21NO2/c1-11(12-6-8-15(2)9-7-12)17-14-5-3-4-13(16)10-14/h3-5,10-12,16H,6-9H2,1-2H3. The Morgan fingerprint density at radius 2 is 2.06 bits per heavy atom. The van der Waals surface area contributed by atoms with Crippen LogP contribution in [0.4, 0.5) is 0 Å². The minimum Gasteiger partial charge on any atom is -0.508 e. The average Bonchev–Trinajstić information content (AvgIpc) is 2.29. The Morgan fingerprint density at radius 3 is 2.71 bits per heavy atom. The van der Waals surface area contributed by atoms with E-state index in [0.717, 1.165) is 18.8 Å². The quantitative estimate of drug-likeness (QED) is 0.873. The SMILES string of the molecule is CC(Oc1cccc(O)c1)C1CCN(C)CC1. The largest absolute Gasteiger partial charge is 0.508 e. The summed E-state index contributed by atoms with van der Waals surface area (Å²) >= 11 is 0. The summed E-state index contributed by atoms with van der Waals surface area (Å²) in [5.41, 5.74) is 0. The predicted octanol–water partition coefficient (Wildman–Crippen LogP) is 2.50. The molecule has 94 valence electrons. The normalized spacial score (nSPS) is 20.1. The van der Waals surface area contributed by atoms with Crippen molar-refractivity contribution in [2.45, 2.75) is 25.9 Å². The Morgan fingerprint density at radius 1 is 1.35 bits per heavy atom. The van der Waals surface area contributed by atoms with Crippen molar-refractivity contribution in [1.29, 1.82) is 0 Å². The van der Waals surface area contributed by atoms with Gasteiger partial charge in [0.1, 0.15) is 11.5 Å². The highest BCUT2D eigenvalue weighted by Gasteiger charge is 2.23. The van der Waals surface area contributed by atoms with E-state index in [1.807, 2.05) is 12.1 Å². The van der Waals surface area contributed by atoms with Crippen molar-refractivity contribution in [2.75, 3.05) is 20.1 Å². The number of hydrogen-bond acceptors (Lipinski definition) is 3. The monoisotopic (exact) mass is 235 g/mol. The van der Waals surface area contributed by atoms with E-state index in [0.29, 0.717) is 5.92 Å². The summed E-state index contributed by atoms with van der Waals surface area (Å²) in [6.45, 7) is 4.43. The first-order valence-electron chi connectivity index (χ1n) is 6.29. The molecule has 3 nitrogen and oxygen atoms in total. The van der Waals surface area contributed by atoms with Crippen LogP contribution >= 0.6 is 0 Å². The van der Waals surface area contributed by atoms with Crippen LogP contribution in [0.1, 0.15) is 19.8 Å².